The number of aryl methyl sites for hydroxylation is 1. The minimum absolute atomic E-state index is 0.0283. The van der Waals surface area contributed by atoms with E-state index >= 15 is 0 Å². The number of hydrogen-bond acceptors (Lipinski definition) is 6. The molecule has 0 aromatic heterocycles. The van der Waals surface area contributed by atoms with Crippen LogP contribution in [-0.2, 0) is 6.54 Å². The Morgan fingerprint density at radius 3 is 2.28 bits per heavy atom. The van der Waals surface area contributed by atoms with Crippen molar-refractivity contribution in [1.29, 1.82) is 0 Å². The van der Waals surface area contributed by atoms with Gasteiger partial charge in [-0.25, -0.2) is 0 Å². The fraction of sp³-hybridized carbons (Fsp3) is 0.308. The number of para-hydroxylation sites is 1. The van der Waals surface area contributed by atoms with E-state index in [-0.39, 0.29) is 5.75 Å². The van der Waals surface area contributed by atoms with Crippen molar-refractivity contribution in [2.24, 2.45) is 0 Å². The van der Waals surface area contributed by atoms with Crippen molar-refractivity contribution in [2.75, 3.05) is 32.8 Å². The minimum Gasteiger partial charge on any atom is -0.502 e. The summed E-state index contributed by atoms with van der Waals surface area (Å²) in [4.78, 5) is 3.66. The molecule has 0 spiro atoms. The molecule has 0 bridgehead atoms. The molecule has 1 aliphatic heterocycles. The molecule has 3 aromatic carbocycles. The molecule has 0 saturated heterocycles. The highest BCUT2D eigenvalue weighted by atomic mass is 32.2. The Labute approximate surface area is 193 Å². The number of ether oxygens (including phenoxy) is 3. The van der Waals surface area contributed by atoms with Crippen molar-refractivity contribution in [3.8, 4) is 23.0 Å². The van der Waals surface area contributed by atoms with E-state index in [9.17, 15) is 5.11 Å². The number of phenolic OH excluding ortho intramolecular Hbond substituents is 1. The topological polar surface area (TPSA) is 51.2 Å². The Bertz CT molecular complexity index is 1080. The van der Waals surface area contributed by atoms with Gasteiger partial charge in [-0.2, -0.15) is 0 Å². The number of methoxy groups -OCH3 is 3. The Balaban J connectivity index is 1.64. The SMILES string of the molecule is COc1ccc([C@@H]2CCN(Cc3cc(OC)c(O)c(OC)c3)c3ccccc3S2)cc1C. The summed E-state index contributed by atoms with van der Waals surface area (Å²) in [6.45, 7) is 3.69. The zero-order valence-electron chi connectivity index (χ0n) is 18.9. The quantitative estimate of drug-likeness (QED) is 0.498. The molecule has 1 N–H and O–H groups in total. The second kappa shape index (κ2) is 9.65. The normalized spacial score (nSPS) is 15.6. The fourth-order valence-corrected chi connectivity index (χ4v) is 5.47. The highest BCUT2D eigenvalue weighted by Gasteiger charge is 2.24. The van der Waals surface area contributed by atoms with Gasteiger partial charge in [0.2, 0.25) is 5.75 Å². The van der Waals surface area contributed by atoms with Gasteiger partial charge in [-0.05, 0) is 60.4 Å². The van der Waals surface area contributed by atoms with Crippen LogP contribution in [-0.4, -0.2) is 33.0 Å². The molecule has 32 heavy (non-hydrogen) atoms. The van der Waals surface area contributed by atoms with Crippen molar-refractivity contribution < 1.29 is 19.3 Å². The first-order chi connectivity index (χ1) is 15.5. The average Bonchev–Trinajstić information content (AvgIpc) is 2.99. The van der Waals surface area contributed by atoms with Crippen LogP contribution in [0.15, 0.2) is 59.5 Å². The summed E-state index contributed by atoms with van der Waals surface area (Å²) in [5.41, 5.74) is 4.72. The predicted octanol–water partition coefficient (Wildman–Crippen LogP) is 5.97. The van der Waals surface area contributed by atoms with Crippen LogP contribution in [0.5, 0.6) is 23.0 Å². The van der Waals surface area contributed by atoms with E-state index in [2.05, 4.69) is 54.3 Å². The molecule has 0 radical (unpaired) electrons. The smallest absolute Gasteiger partial charge is 0.200 e. The van der Waals surface area contributed by atoms with Crippen molar-refractivity contribution in [3.63, 3.8) is 0 Å². The van der Waals surface area contributed by atoms with Crippen LogP contribution < -0.4 is 19.1 Å². The molecule has 0 unspecified atom stereocenters. The monoisotopic (exact) mass is 451 g/mol. The lowest BCUT2D eigenvalue weighted by Crippen LogP contribution is -2.24. The zero-order chi connectivity index (χ0) is 22.7. The molecule has 6 heteroatoms. The molecular formula is C26H29NO4S. The molecule has 3 aromatic rings. The first kappa shape index (κ1) is 22.2. The maximum Gasteiger partial charge on any atom is 0.200 e. The third-order valence-corrected chi connectivity index (χ3v) is 7.23. The highest BCUT2D eigenvalue weighted by molar-refractivity contribution is 7.99. The number of benzene rings is 3. The number of phenols is 1. The van der Waals surface area contributed by atoms with Crippen molar-refractivity contribution in [2.45, 2.75) is 30.0 Å². The summed E-state index contributed by atoms with van der Waals surface area (Å²) < 4.78 is 16.2. The van der Waals surface area contributed by atoms with E-state index < -0.39 is 0 Å². The van der Waals surface area contributed by atoms with Gasteiger partial charge in [-0.1, -0.05) is 24.3 Å². The summed E-state index contributed by atoms with van der Waals surface area (Å²) >= 11 is 1.91. The van der Waals surface area contributed by atoms with E-state index in [0.717, 1.165) is 29.8 Å². The molecule has 0 aliphatic carbocycles. The summed E-state index contributed by atoms with van der Waals surface area (Å²) in [6.07, 6.45) is 1.01. The van der Waals surface area contributed by atoms with Crippen LogP contribution in [0.3, 0.4) is 0 Å². The third-order valence-electron chi connectivity index (χ3n) is 5.84. The first-order valence-corrected chi connectivity index (χ1v) is 11.5. The molecule has 0 saturated carbocycles. The summed E-state index contributed by atoms with van der Waals surface area (Å²) in [6, 6.07) is 18.8. The van der Waals surface area contributed by atoms with E-state index in [1.165, 1.54) is 16.1 Å². The lowest BCUT2D eigenvalue weighted by molar-refractivity contribution is 0.339. The molecule has 0 fully saturated rings. The molecule has 168 valence electrons. The Hall–Kier alpha value is -2.99. The van der Waals surface area contributed by atoms with Gasteiger partial charge >= 0.3 is 0 Å². The van der Waals surface area contributed by atoms with Crippen LogP contribution >= 0.6 is 11.8 Å². The van der Waals surface area contributed by atoms with Gasteiger partial charge in [0.1, 0.15) is 5.75 Å². The number of aromatic hydroxyl groups is 1. The summed E-state index contributed by atoms with van der Waals surface area (Å²) in [5.74, 6) is 1.79. The van der Waals surface area contributed by atoms with Crippen LogP contribution in [0.4, 0.5) is 5.69 Å². The van der Waals surface area contributed by atoms with E-state index in [1.807, 2.05) is 23.9 Å². The van der Waals surface area contributed by atoms with Gasteiger partial charge < -0.3 is 24.2 Å². The lowest BCUT2D eigenvalue weighted by atomic mass is 10.0. The number of nitrogens with zero attached hydrogens (tertiary/aromatic N) is 1. The van der Waals surface area contributed by atoms with Crippen molar-refractivity contribution >= 4 is 17.4 Å². The van der Waals surface area contributed by atoms with Crippen LogP contribution in [0.2, 0.25) is 0 Å². The van der Waals surface area contributed by atoms with Crippen LogP contribution in [0, 0.1) is 6.92 Å². The minimum atomic E-state index is 0.0283. The second-order valence-corrected chi connectivity index (χ2v) is 9.11. The highest BCUT2D eigenvalue weighted by Crippen LogP contribution is 2.46. The molecule has 5 nitrogen and oxygen atoms in total. The first-order valence-electron chi connectivity index (χ1n) is 10.6. The largest absolute Gasteiger partial charge is 0.502 e. The second-order valence-electron chi connectivity index (χ2n) is 7.86. The Kier molecular flexibility index (Phi) is 6.70. The number of hydrogen-bond donors (Lipinski definition) is 1. The number of thioether (sulfide) groups is 1. The molecule has 0 amide bonds. The lowest BCUT2D eigenvalue weighted by Gasteiger charge is -2.25. The number of rotatable bonds is 6. The maximum atomic E-state index is 10.3. The summed E-state index contributed by atoms with van der Waals surface area (Å²) in [5, 5.41) is 10.6. The zero-order valence-corrected chi connectivity index (χ0v) is 19.7. The fourth-order valence-electron chi connectivity index (χ4n) is 4.18. The van der Waals surface area contributed by atoms with E-state index in [0.29, 0.717) is 23.3 Å². The Morgan fingerprint density at radius 1 is 0.938 bits per heavy atom. The van der Waals surface area contributed by atoms with Crippen LogP contribution in [0.25, 0.3) is 0 Å². The molecule has 1 heterocycles. The molecular weight excluding hydrogens is 422 g/mol. The number of anilines is 1. The maximum absolute atomic E-state index is 10.3. The number of fused-ring (bicyclic) bond motifs is 1. The van der Waals surface area contributed by atoms with E-state index in [1.54, 1.807) is 21.3 Å². The van der Waals surface area contributed by atoms with Gasteiger partial charge in [0.05, 0.1) is 27.0 Å². The van der Waals surface area contributed by atoms with E-state index in [4.69, 9.17) is 14.2 Å². The average molecular weight is 452 g/mol. The van der Waals surface area contributed by atoms with Crippen molar-refractivity contribution in [1.82, 2.24) is 0 Å². The predicted molar refractivity (Wildman–Crippen MR) is 130 cm³/mol. The molecule has 1 atom stereocenters. The van der Waals surface area contributed by atoms with Gasteiger partial charge in [0, 0.05) is 23.2 Å². The van der Waals surface area contributed by atoms with Gasteiger partial charge in [-0.15, -0.1) is 11.8 Å². The molecule has 1 aliphatic rings. The van der Waals surface area contributed by atoms with Gasteiger partial charge in [0.25, 0.3) is 0 Å². The van der Waals surface area contributed by atoms with Gasteiger partial charge in [-0.3, -0.25) is 0 Å². The Morgan fingerprint density at radius 2 is 1.62 bits per heavy atom. The van der Waals surface area contributed by atoms with Crippen LogP contribution in [0.1, 0.15) is 28.4 Å². The third kappa shape index (κ3) is 4.46. The summed E-state index contributed by atoms with van der Waals surface area (Å²) in [7, 11) is 4.82. The van der Waals surface area contributed by atoms with Crippen molar-refractivity contribution in [3.05, 3.63) is 71.3 Å². The van der Waals surface area contributed by atoms with Gasteiger partial charge in [0.15, 0.2) is 11.5 Å². The molecule has 4 rings (SSSR count). The standard InChI is InChI=1S/C26H29NO4S/c1-17-13-19(9-10-21(17)29-2)24-11-12-27(20-7-5-6-8-25(20)32-24)16-18-14-22(30-3)26(28)23(15-18)31-4/h5-10,13-15,24,28H,11-12,16H2,1-4H3/t24-/m0/s1.